The summed E-state index contributed by atoms with van der Waals surface area (Å²) >= 11 is 0. The second kappa shape index (κ2) is 14.1. The Labute approximate surface area is 300 Å². The van der Waals surface area contributed by atoms with E-state index in [9.17, 15) is 9.59 Å². The van der Waals surface area contributed by atoms with Crippen LogP contribution in [0.3, 0.4) is 0 Å². The lowest BCUT2D eigenvalue weighted by Crippen LogP contribution is -2.40. The summed E-state index contributed by atoms with van der Waals surface area (Å²) in [5.41, 5.74) is 2.97. The lowest BCUT2D eigenvalue weighted by Gasteiger charge is -2.32. The van der Waals surface area contributed by atoms with Crippen molar-refractivity contribution in [2.75, 3.05) is 35.2 Å². The maximum absolute atomic E-state index is 14.2. The summed E-state index contributed by atoms with van der Waals surface area (Å²) in [4.78, 5) is 28.4. The number of cyclic esters (lactones) is 1. The van der Waals surface area contributed by atoms with Gasteiger partial charge in [0.15, 0.2) is 23.0 Å². The molecular weight excluding hydrogens is 666 g/mol. The number of methoxy groups -OCH3 is 4. The Morgan fingerprint density at radius 1 is 0.808 bits per heavy atom. The molecule has 0 saturated heterocycles. The van der Waals surface area contributed by atoms with Crippen molar-refractivity contribution in [3.63, 3.8) is 0 Å². The summed E-state index contributed by atoms with van der Waals surface area (Å²) in [5.74, 6) is 0.0657. The van der Waals surface area contributed by atoms with Gasteiger partial charge in [-0.3, -0.25) is 0 Å². The van der Waals surface area contributed by atoms with Crippen molar-refractivity contribution in [1.29, 1.82) is 0 Å². The van der Waals surface area contributed by atoms with Crippen LogP contribution >= 0.6 is 0 Å². The second-order valence-electron chi connectivity index (χ2n) is 12.2. The van der Waals surface area contributed by atoms with Crippen LogP contribution in [0, 0.1) is 0 Å². The van der Waals surface area contributed by atoms with Crippen LogP contribution in [0.2, 0.25) is 0 Å². The van der Waals surface area contributed by atoms with Crippen LogP contribution in [0.4, 0.5) is 4.79 Å². The van der Waals surface area contributed by atoms with Crippen LogP contribution in [0.25, 0.3) is 16.3 Å². The van der Waals surface area contributed by atoms with Gasteiger partial charge in [-0.2, -0.15) is 0 Å². The van der Waals surface area contributed by atoms with Crippen molar-refractivity contribution in [1.82, 2.24) is 5.32 Å². The summed E-state index contributed by atoms with van der Waals surface area (Å²) in [6.07, 6.45) is -0.747. The monoisotopic (exact) mass is 703 g/mol. The van der Waals surface area contributed by atoms with Gasteiger partial charge in [0.25, 0.3) is 0 Å². The highest BCUT2D eigenvalue weighted by Crippen LogP contribution is 2.50. The minimum absolute atomic E-state index is 0.0501. The van der Waals surface area contributed by atoms with Crippen molar-refractivity contribution < 1.29 is 47.5 Å². The van der Waals surface area contributed by atoms with E-state index in [0.29, 0.717) is 56.8 Å². The van der Waals surface area contributed by atoms with Crippen LogP contribution in [0.15, 0.2) is 103 Å². The number of alkyl carbamates (subject to hydrolysis) is 1. The van der Waals surface area contributed by atoms with Gasteiger partial charge in [0.1, 0.15) is 5.75 Å². The van der Waals surface area contributed by atoms with Crippen LogP contribution in [-0.4, -0.2) is 47.3 Å². The molecule has 2 heterocycles. The summed E-state index contributed by atoms with van der Waals surface area (Å²) < 4.78 is 46.1. The second-order valence-corrected chi connectivity index (χ2v) is 12.2. The Morgan fingerprint density at radius 2 is 1.52 bits per heavy atom. The van der Waals surface area contributed by atoms with Gasteiger partial charge in [0.2, 0.25) is 12.5 Å². The molecule has 0 spiro atoms. The van der Waals surface area contributed by atoms with E-state index in [1.54, 1.807) is 61.7 Å². The van der Waals surface area contributed by atoms with Gasteiger partial charge >= 0.3 is 17.8 Å². The number of benzene rings is 5. The molecule has 0 saturated carbocycles. The molecule has 1 amide bonds. The summed E-state index contributed by atoms with van der Waals surface area (Å²) in [5, 5.41) is 5.00. The third-order valence-corrected chi connectivity index (χ3v) is 9.24. The molecule has 2 aliphatic heterocycles. The molecule has 0 radical (unpaired) electrons. The van der Waals surface area contributed by atoms with Crippen molar-refractivity contribution >= 4 is 28.4 Å². The molecule has 5 aromatic rings. The number of nitrogens with one attached hydrogen (secondary N) is 1. The molecule has 7 rings (SSSR count). The molecule has 11 nitrogen and oxygen atoms in total. The van der Waals surface area contributed by atoms with Crippen molar-refractivity contribution in [2.24, 2.45) is 0 Å². The Morgan fingerprint density at radius 3 is 2.23 bits per heavy atom. The van der Waals surface area contributed by atoms with E-state index in [-0.39, 0.29) is 18.8 Å². The number of carbonyl (C=O) groups excluding carboxylic acids is 2. The zero-order chi connectivity index (χ0) is 36.4. The number of hydrogen-bond donors (Lipinski definition) is 1. The quantitative estimate of drug-likeness (QED) is 0.139. The molecule has 0 fully saturated rings. The van der Waals surface area contributed by atoms with Crippen molar-refractivity contribution in [3.8, 4) is 34.5 Å². The smallest absolute Gasteiger partial charge is 0.411 e. The first kappa shape index (κ1) is 34.1. The first-order valence-corrected chi connectivity index (χ1v) is 16.6. The molecule has 5 aromatic carbocycles. The number of esters is 1. The van der Waals surface area contributed by atoms with Crippen LogP contribution in [0.1, 0.15) is 35.2 Å². The fraction of sp³-hybridized carbons (Fsp3) is 0.220. The third kappa shape index (κ3) is 6.14. The van der Waals surface area contributed by atoms with E-state index in [0.717, 1.165) is 16.3 Å². The average Bonchev–Trinajstić information content (AvgIpc) is 3.75. The van der Waals surface area contributed by atoms with Gasteiger partial charge in [-0.25, -0.2) is 9.59 Å². The zero-order valence-electron chi connectivity index (χ0n) is 29.3. The molecule has 1 unspecified atom stereocenters. The number of amides is 1. The van der Waals surface area contributed by atoms with E-state index in [1.807, 2.05) is 49.4 Å². The summed E-state index contributed by atoms with van der Waals surface area (Å²) in [6.45, 7) is 1.92. The van der Waals surface area contributed by atoms with E-state index < -0.39 is 23.9 Å². The Balaban J connectivity index is 1.38. The molecule has 0 aliphatic carbocycles. The normalized spacial score (nSPS) is 16.7. The van der Waals surface area contributed by atoms with E-state index >= 15 is 0 Å². The number of hydrogen-bond acceptors (Lipinski definition) is 10. The molecule has 1 N–H and O–H groups in total. The molecule has 2 atom stereocenters. The molecule has 2 aliphatic rings. The average molecular weight is 704 g/mol. The lowest BCUT2D eigenvalue weighted by molar-refractivity contribution is -0.185. The van der Waals surface area contributed by atoms with E-state index in [2.05, 4.69) is 5.32 Å². The molecule has 11 heteroatoms. The minimum Gasteiger partial charge on any atom is -0.497 e. The Kier molecular flexibility index (Phi) is 9.25. The van der Waals surface area contributed by atoms with Gasteiger partial charge in [0.05, 0.1) is 40.1 Å². The molecule has 52 heavy (non-hydrogen) atoms. The van der Waals surface area contributed by atoms with Gasteiger partial charge in [-0.1, -0.05) is 48.5 Å². The van der Waals surface area contributed by atoms with Crippen molar-refractivity contribution in [3.05, 3.63) is 125 Å². The number of ether oxygens (including phenoxy) is 8. The van der Waals surface area contributed by atoms with Gasteiger partial charge in [-0.05, 0) is 82.9 Å². The first-order valence-electron chi connectivity index (χ1n) is 16.6. The molecule has 0 aromatic heterocycles. The maximum Gasteiger partial charge on any atom is 0.411 e. The van der Waals surface area contributed by atoms with Crippen molar-refractivity contribution in [2.45, 2.75) is 25.2 Å². The third-order valence-electron chi connectivity index (χ3n) is 9.24. The van der Waals surface area contributed by atoms with Gasteiger partial charge < -0.3 is 43.2 Å². The van der Waals surface area contributed by atoms with Crippen LogP contribution in [0.5, 0.6) is 34.5 Å². The lowest BCUT2D eigenvalue weighted by atomic mass is 9.87. The topological polar surface area (TPSA) is 120 Å². The Bertz CT molecular complexity index is 2160. The van der Waals surface area contributed by atoms with E-state index in [1.165, 1.54) is 21.3 Å². The highest BCUT2D eigenvalue weighted by atomic mass is 16.7. The number of fused-ring (bicyclic) bond motifs is 2. The number of carbonyl (C=O) groups is 2. The van der Waals surface area contributed by atoms with Gasteiger partial charge in [0, 0.05) is 17.6 Å². The fourth-order valence-electron chi connectivity index (χ4n) is 6.75. The van der Waals surface area contributed by atoms with Crippen LogP contribution < -0.4 is 33.7 Å². The standard InChI is InChI=1S/C41H37NO10/c1-24(30-12-8-10-26-9-6-7-11-31(26)30)42-40(44)52-41(28-14-16-29(45-2)17-15-28)32(19-25-20-35(46-3)38(48-5)36(21-25)47-4)37(39(43)51-41)27-13-18-33-34(22-27)50-23-49-33/h6-18,20-22,24H,19,23H2,1-5H3,(H,42,44)/t24-,41?/m0/s1. The molecule has 0 bridgehead atoms. The summed E-state index contributed by atoms with van der Waals surface area (Å²) in [7, 11) is 6.11. The maximum atomic E-state index is 14.2. The Hall–Kier alpha value is -6.36. The first-order chi connectivity index (χ1) is 25.3. The molecular formula is C41H37NO10. The van der Waals surface area contributed by atoms with Crippen LogP contribution in [-0.2, 0) is 26.5 Å². The van der Waals surface area contributed by atoms with Gasteiger partial charge in [-0.15, -0.1) is 0 Å². The predicted octanol–water partition coefficient (Wildman–Crippen LogP) is 7.50. The highest BCUT2D eigenvalue weighted by molar-refractivity contribution is 6.20. The molecule has 266 valence electrons. The van der Waals surface area contributed by atoms with E-state index in [4.69, 9.17) is 37.9 Å². The highest BCUT2D eigenvalue weighted by Gasteiger charge is 2.53. The SMILES string of the molecule is COc1ccc(C2(OC(=O)N[C@@H](C)c3cccc4ccccc34)OC(=O)C(c3ccc4c(c3)OCO4)=C2Cc2cc(OC)c(OC)c(OC)c2)cc1. The number of rotatable bonds is 11. The zero-order valence-corrected chi connectivity index (χ0v) is 29.3. The largest absolute Gasteiger partial charge is 0.497 e. The predicted molar refractivity (Wildman–Crippen MR) is 192 cm³/mol. The fourth-order valence-corrected chi connectivity index (χ4v) is 6.75. The summed E-state index contributed by atoms with van der Waals surface area (Å²) in [6, 6.07) is 28.9. The minimum atomic E-state index is -2.02.